The Hall–Kier alpha value is -2.56. The number of anilines is 2. The molecule has 1 aromatic heterocycles. The summed E-state index contributed by atoms with van der Waals surface area (Å²) >= 11 is 0. The predicted molar refractivity (Wildman–Crippen MR) is 76.9 cm³/mol. The molecule has 0 unspecified atom stereocenters. The lowest BCUT2D eigenvalue weighted by Gasteiger charge is -2.15. The molecule has 2 rings (SSSR count). The third kappa shape index (κ3) is 3.06. The summed E-state index contributed by atoms with van der Waals surface area (Å²) in [7, 11) is 1.70. The summed E-state index contributed by atoms with van der Waals surface area (Å²) in [5, 5.41) is 2.73. The number of hydrogen-bond donors (Lipinski definition) is 1. The van der Waals surface area contributed by atoms with Crippen LogP contribution in [0.3, 0.4) is 0 Å². The molecule has 0 bridgehead atoms. The fourth-order valence-electron chi connectivity index (χ4n) is 1.70. The summed E-state index contributed by atoms with van der Waals surface area (Å²) in [6.07, 6.45) is 0. The van der Waals surface area contributed by atoms with Gasteiger partial charge in [-0.2, -0.15) is 0 Å². The Balaban J connectivity index is 2.07. The van der Waals surface area contributed by atoms with Gasteiger partial charge in [-0.1, -0.05) is 0 Å². The molecule has 0 fully saturated rings. The Morgan fingerprint density at radius 1 is 1.10 bits per heavy atom. The molecular formula is C15H16N2O3. The zero-order chi connectivity index (χ0) is 14.7. The highest BCUT2D eigenvalue weighted by molar-refractivity contribution is 6.02. The third-order valence-electron chi connectivity index (χ3n) is 2.95. The fraction of sp³-hybridized carbons (Fsp3) is 0.200. The molecule has 5 heteroatoms. The minimum absolute atomic E-state index is 0.0483. The van der Waals surface area contributed by atoms with Crippen LogP contribution in [0.1, 0.15) is 23.2 Å². The van der Waals surface area contributed by atoms with Crippen LogP contribution in [0.15, 0.2) is 40.8 Å². The number of aryl methyl sites for hydroxylation is 1. The average molecular weight is 272 g/mol. The van der Waals surface area contributed by atoms with Gasteiger partial charge in [-0.25, -0.2) is 0 Å². The molecule has 0 saturated heterocycles. The van der Waals surface area contributed by atoms with Gasteiger partial charge in [0.1, 0.15) is 5.76 Å². The second-order valence-electron chi connectivity index (χ2n) is 4.49. The number of furan rings is 1. The maximum absolute atomic E-state index is 11.9. The number of amides is 2. The Kier molecular flexibility index (Phi) is 3.89. The van der Waals surface area contributed by atoms with E-state index in [1.807, 2.05) is 0 Å². The third-order valence-corrected chi connectivity index (χ3v) is 2.95. The van der Waals surface area contributed by atoms with Crippen molar-refractivity contribution in [1.82, 2.24) is 0 Å². The van der Waals surface area contributed by atoms with E-state index in [2.05, 4.69) is 5.32 Å². The first kappa shape index (κ1) is 13.9. The van der Waals surface area contributed by atoms with Crippen molar-refractivity contribution in [3.63, 3.8) is 0 Å². The lowest BCUT2D eigenvalue weighted by molar-refractivity contribution is -0.116. The van der Waals surface area contributed by atoms with Gasteiger partial charge in [-0.05, 0) is 43.3 Å². The van der Waals surface area contributed by atoms with Gasteiger partial charge in [0.15, 0.2) is 5.76 Å². The highest BCUT2D eigenvalue weighted by Gasteiger charge is 2.10. The molecular weight excluding hydrogens is 256 g/mol. The molecule has 2 amide bonds. The van der Waals surface area contributed by atoms with Gasteiger partial charge in [0, 0.05) is 25.3 Å². The van der Waals surface area contributed by atoms with Gasteiger partial charge < -0.3 is 14.6 Å². The zero-order valence-electron chi connectivity index (χ0n) is 11.6. The number of carbonyl (C=O) groups excluding carboxylic acids is 2. The van der Waals surface area contributed by atoms with Crippen LogP contribution in [0.4, 0.5) is 11.4 Å². The smallest absolute Gasteiger partial charge is 0.291 e. The Labute approximate surface area is 117 Å². The largest absolute Gasteiger partial charge is 0.456 e. The van der Waals surface area contributed by atoms with Gasteiger partial charge in [0.25, 0.3) is 5.91 Å². The number of hydrogen-bond acceptors (Lipinski definition) is 3. The minimum Gasteiger partial charge on any atom is -0.456 e. The van der Waals surface area contributed by atoms with Gasteiger partial charge in [-0.3, -0.25) is 9.59 Å². The van der Waals surface area contributed by atoms with Crippen LogP contribution in [0.25, 0.3) is 0 Å². The molecule has 1 heterocycles. The fourth-order valence-corrected chi connectivity index (χ4v) is 1.70. The van der Waals surface area contributed by atoms with Crippen molar-refractivity contribution in [3.05, 3.63) is 47.9 Å². The van der Waals surface area contributed by atoms with Gasteiger partial charge in [0.05, 0.1) is 0 Å². The summed E-state index contributed by atoms with van der Waals surface area (Å²) in [6.45, 7) is 3.28. The first-order valence-electron chi connectivity index (χ1n) is 6.19. The lowest BCUT2D eigenvalue weighted by Crippen LogP contribution is -2.22. The highest BCUT2D eigenvalue weighted by Crippen LogP contribution is 2.18. The van der Waals surface area contributed by atoms with Crippen LogP contribution in [0.2, 0.25) is 0 Å². The average Bonchev–Trinajstić information content (AvgIpc) is 2.85. The molecule has 2 aromatic rings. The number of nitrogens with zero attached hydrogens (tertiary/aromatic N) is 1. The van der Waals surface area contributed by atoms with Crippen molar-refractivity contribution >= 4 is 23.2 Å². The maximum atomic E-state index is 11.9. The Morgan fingerprint density at radius 3 is 2.25 bits per heavy atom. The van der Waals surface area contributed by atoms with Crippen LogP contribution in [0.5, 0.6) is 0 Å². The molecule has 0 aliphatic heterocycles. The molecule has 0 aliphatic carbocycles. The minimum atomic E-state index is -0.300. The summed E-state index contributed by atoms with van der Waals surface area (Å²) in [4.78, 5) is 24.7. The van der Waals surface area contributed by atoms with E-state index in [0.29, 0.717) is 11.4 Å². The second-order valence-corrected chi connectivity index (χ2v) is 4.49. The molecule has 0 aliphatic rings. The van der Waals surface area contributed by atoms with Crippen molar-refractivity contribution < 1.29 is 14.0 Å². The van der Waals surface area contributed by atoms with Gasteiger partial charge in [0.2, 0.25) is 5.91 Å². The molecule has 1 N–H and O–H groups in total. The molecule has 20 heavy (non-hydrogen) atoms. The number of benzene rings is 1. The van der Waals surface area contributed by atoms with E-state index in [1.54, 1.807) is 50.4 Å². The van der Waals surface area contributed by atoms with Crippen molar-refractivity contribution in [2.24, 2.45) is 0 Å². The molecule has 1 aromatic carbocycles. The summed E-state index contributed by atoms with van der Waals surface area (Å²) in [5.74, 6) is 0.611. The van der Waals surface area contributed by atoms with E-state index in [9.17, 15) is 9.59 Å². The molecule has 0 atom stereocenters. The van der Waals surface area contributed by atoms with Gasteiger partial charge in [-0.15, -0.1) is 0 Å². The Morgan fingerprint density at radius 2 is 1.75 bits per heavy atom. The van der Waals surface area contributed by atoms with E-state index in [4.69, 9.17) is 4.42 Å². The monoisotopic (exact) mass is 272 g/mol. The lowest BCUT2D eigenvalue weighted by atomic mass is 10.2. The summed E-state index contributed by atoms with van der Waals surface area (Å²) in [5.41, 5.74) is 1.41. The van der Waals surface area contributed by atoms with E-state index in [0.717, 1.165) is 5.69 Å². The standard InChI is InChI=1S/C15H16N2O3/c1-10-4-9-14(20-10)15(19)16-12-5-7-13(8-6-12)17(3)11(2)18/h4-9H,1-3H3,(H,16,19). The van der Waals surface area contributed by atoms with Crippen molar-refractivity contribution in [2.45, 2.75) is 13.8 Å². The van der Waals surface area contributed by atoms with Crippen LogP contribution < -0.4 is 10.2 Å². The summed E-state index contributed by atoms with van der Waals surface area (Å²) < 4.78 is 5.25. The van der Waals surface area contributed by atoms with Crippen LogP contribution in [-0.4, -0.2) is 18.9 Å². The van der Waals surface area contributed by atoms with E-state index < -0.39 is 0 Å². The summed E-state index contributed by atoms with van der Waals surface area (Å²) in [6, 6.07) is 10.4. The first-order valence-corrected chi connectivity index (χ1v) is 6.19. The topological polar surface area (TPSA) is 62.6 Å². The zero-order valence-corrected chi connectivity index (χ0v) is 11.6. The van der Waals surface area contributed by atoms with Crippen molar-refractivity contribution in [3.8, 4) is 0 Å². The van der Waals surface area contributed by atoms with Crippen LogP contribution in [0, 0.1) is 6.92 Å². The predicted octanol–water partition coefficient (Wildman–Crippen LogP) is 2.82. The SMILES string of the molecule is CC(=O)N(C)c1ccc(NC(=O)c2ccc(C)o2)cc1. The van der Waals surface area contributed by atoms with E-state index in [1.165, 1.54) is 11.8 Å². The number of rotatable bonds is 3. The van der Waals surface area contributed by atoms with Crippen molar-refractivity contribution in [2.75, 3.05) is 17.3 Å². The van der Waals surface area contributed by atoms with E-state index in [-0.39, 0.29) is 17.6 Å². The van der Waals surface area contributed by atoms with Crippen LogP contribution >= 0.6 is 0 Å². The van der Waals surface area contributed by atoms with Crippen molar-refractivity contribution in [1.29, 1.82) is 0 Å². The maximum Gasteiger partial charge on any atom is 0.291 e. The Bertz CT molecular complexity index is 629. The quantitative estimate of drug-likeness (QED) is 0.934. The number of nitrogens with one attached hydrogen (secondary N) is 1. The normalized spacial score (nSPS) is 10.2. The molecule has 5 nitrogen and oxygen atoms in total. The first-order chi connectivity index (χ1) is 9.47. The molecule has 104 valence electrons. The molecule has 0 spiro atoms. The van der Waals surface area contributed by atoms with Gasteiger partial charge >= 0.3 is 0 Å². The second kappa shape index (κ2) is 5.61. The van der Waals surface area contributed by atoms with E-state index >= 15 is 0 Å². The molecule has 0 radical (unpaired) electrons. The molecule has 0 saturated carbocycles. The van der Waals surface area contributed by atoms with Crippen LogP contribution in [-0.2, 0) is 4.79 Å². The highest BCUT2D eigenvalue weighted by atomic mass is 16.3. The number of carbonyl (C=O) groups is 2.